The first-order valence-corrected chi connectivity index (χ1v) is 7.55. The minimum atomic E-state index is -0.212. The Balaban J connectivity index is 1.89. The Labute approximate surface area is 122 Å². The predicted octanol–water partition coefficient (Wildman–Crippen LogP) is 2.21. The first kappa shape index (κ1) is 15.0. The average molecular weight is 294 g/mol. The summed E-state index contributed by atoms with van der Waals surface area (Å²) in [5, 5.41) is 4.24. The number of hydrogen-bond donors (Lipinski definition) is 2. The summed E-state index contributed by atoms with van der Waals surface area (Å²) in [6.07, 6.45) is 4.69. The molecule has 1 aromatic heterocycles. The number of aromatic nitrogens is 2. The average Bonchev–Trinajstić information content (AvgIpc) is 2.91. The molecular weight excluding hydrogens is 275 g/mol. The molecule has 108 valence electrons. The van der Waals surface area contributed by atoms with Gasteiger partial charge in [0.05, 0.1) is 6.20 Å². The van der Waals surface area contributed by atoms with Crippen LogP contribution in [0.2, 0.25) is 0 Å². The van der Waals surface area contributed by atoms with E-state index in [2.05, 4.69) is 17.4 Å². The Hall–Kier alpha value is -1.37. The molecule has 1 heterocycles. The number of benzene rings is 1. The van der Waals surface area contributed by atoms with Crippen LogP contribution in [0.1, 0.15) is 12.5 Å². The second kappa shape index (κ2) is 7.42. The molecule has 2 aromatic rings. The first-order chi connectivity index (χ1) is 9.71. The van der Waals surface area contributed by atoms with Gasteiger partial charge in [-0.2, -0.15) is 5.10 Å². The molecule has 0 fully saturated rings. The van der Waals surface area contributed by atoms with E-state index in [0.29, 0.717) is 0 Å². The van der Waals surface area contributed by atoms with Gasteiger partial charge in [0.2, 0.25) is 0 Å². The molecule has 3 N–H and O–H groups in total. The molecule has 1 aromatic carbocycles. The lowest BCUT2D eigenvalue weighted by molar-refractivity contribution is 0.574. The van der Waals surface area contributed by atoms with Gasteiger partial charge in [0, 0.05) is 29.4 Å². The largest absolute Gasteiger partial charge is 0.273 e. The van der Waals surface area contributed by atoms with Gasteiger partial charge in [-0.25, -0.2) is 4.39 Å². The highest BCUT2D eigenvalue weighted by Gasteiger charge is 2.10. The summed E-state index contributed by atoms with van der Waals surface area (Å²) in [6.45, 7) is 2.91. The van der Waals surface area contributed by atoms with Gasteiger partial charge in [-0.15, -0.1) is 11.8 Å². The number of hydrazine groups is 1. The highest BCUT2D eigenvalue weighted by atomic mass is 32.2. The Morgan fingerprint density at radius 2 is 2.35 bits per heavy atom. The van der Waals surface area contributed by atoms with Crippen molar-refractivity contribution in [3.63, 3.8) is 0 Å². The zero-order valence-corrected chi connectivity index (χ0v) is 12.2. The van der Waals surface area contributed by atoms with Crippen LogP contribution in [0.15, 0.2) is 41.6 Å². The predicted molar refractivity (Wildman–Crippen MR) is 79.8 cm³/mol. The molecule has 0 amide bonds. The number of rotatable bonds is 7. The number of aryl methyl sites for hydroxylation is 1. The lowest BCUT2D eigenvalue weighted by Gasteiger charge is -2.14. The van der Waals surface area contributed by atoms with Crippen LogP contribution in [0.25, 0.3) is 0 Å². The summed E-state index contributed by atoms with van der Waals surface area (Å²) < 4.78 is 15.0. The van der Waals surface area contributed by atoms with E-state index in [1.165, 1.54) is 12.1 Å². The molecule has 0 spiro atoms. The first-order valence-electron chi connectivity index (χ1n) is 6.57. The molecule has 0 aliphatic rings. The standard InChI is InChI=1S/C14H19FN4S/c1-2-19-9-11(8-17-19)6-13(18-16)10-20-14-5-3-4-12(15)7-14/h3-5,7-9,13,18H,2,6,10,16H2,1H3. The monoisotopic (exact) mass is 294 g/mol. The van der Waals surface area contributed by atoms with Gasteiger partial charge >= 0.3 is 0 Å². The summed E-state index contributed by atoms with van der Waals surface area (Å²) in [5.41, 5.74) is 3.96. The lowest BCUT2D eigenvalue weighted by atomic mass is 10.1. The van der Waals surface area contributed by atoms with Gasteiger partial charge in [-0.3, -0.25) is 16.0 Å². The van der Waals surface area contributed by atoms with Crippen molar-refractivity contribution < 1.29 is 4.39 Å². The third-order valence-electron chi connectivity index (χ3n) is 2.98. The minimum absolute atomic E-state index is 0.123. The Morgan fingerprint density at radius 3 is 3.00 bits per heavy atom. The molecule has 0 saturated carbocycles. The zero-order chi connectivity index (χ0) is 14.4. The Bertz CT molecular complexity index is 543. The van der Waals surface area contributed by atoms with E-state index in [1.807, 2.05) is 23.1 Å². The van der Waals surface area contributed by atoms with Crippen LogP contribution in [0.4, 0.5) is 4.39 Å². The van der Waals surface area contributed by atoms with Gasteiger partial charge in [-0.1, -0.05) is 6.07 Å². The molecule has 20 heavy (non-hydrogen) atoms. The fourth-order valence-corrected chi connectivity index (χ4v) is 2.87. The molecule has 0 bridgehead atoms. The van der Waals surface area contributed by atoms with E-state index >= 15 is 0 Å². The number of halogens is 1. The zero-order valence-electron chi connectivity index (χ0n) is 11.4. The third-order valence-corrected chi connectivity index (χ3v) is 4.13. The maximum Gasteiger partial charge on any atom is 0.124 e. The van der Waals surface area contributed by atoms with Crippen molar-refractivity contribution in [1.82, 2.24) is 15.2 Å². The smallest absolute Gasteiger partial charge is 0.124 e. The van der Waals surface area contributed by atoms with Crippen LogP contribution < -0.4 is 11.3 Å². The minimum Gasteiger partial charge on any atom is -0.273 e. The molecule has 0 aliphatic carbocycles. The Morgan fingerprint density at radius 1 is 1.50 bits per heavy atom. The fourth-order valence-electron chi connectivity index (χ4n) is 1.89. The second-order valence-electron chi connectivity index (χ2n) is 4.54. The fraction of sp³-hybridized carbons (Fsp3) is 0.357. The lowest BCUT2D eigenvalue weighted by Crippen LogP contribution is -2.38. The summed E-state index contributed by atoms with van der Waals surface area (Å²) in [7, 11) is 0. The van der Waals surface area contributed by atoms with E-state index in [9.17, 15) is 4.39 Å². The number of hydrogen-bond acceptors (Lipinski definition) is 4. The van der Waals surface area contributed by atoms with Crippen molar-refractivity contribution in [3.05, 3.63) is 48.0 Å². The normalized spacial score (nSPS) is 12.6. The highest BCUT2D eigenvalue weighted by molar-refractivity contribution is 7.99. The van der Waals surface area contributed by atoms with Crippen LogP contribution in [0.5, 0.6) is 0 Å². The summed E-state index contributed by atoms with van der Waals surface area (Å²) >= 11 is 1.59. The molecule has 2 rings (SSSR count). The second-order valence-corrected chi connectivity index (χ2v) is 5.63. The van der Waals surface area contributed by atoms with Crippen molar-refractivity contribution in [1.29, 1.82) is 0 Å². The van der Waals surface area contributed by atoms with Crippen molar-refractivity contribution >= 4 is 11.8 Å². The van der Waals surface area contributed by atoms with E-state index in [-0.39, 0.29) is 11.9 Å². The molecule has 6 heteroatoms. The van der Waals surface area contributed by atoms with Crippen molar-refractivity contribution in [2.45, 2.75) is 30.8 Å². The topological polar surface area (TPSA) is 55.9 Å². The van der Waals surface area contributed by atoms with Crippen molar-refractivity contribution in [2.24, 2.45) is 5.84 Å². The molecular formula is C14H19FN4S. The molecule has 4 nitrogen and oxygen atoms in total. The van der Waals surface area contributed by atoms with Gasteiger partial charge < -0.3 is 0 Å². The number of nitrogens with zero attached hydrogens (tertiary/aromatic N) is 2. The summed E-state index contributed by atoms with van der Waals surface area (Å²) in [5.74, 6) is 6.15. The van der Waals surface area contributed by atoms with Gasteiger partial charge in [0.15, 0.2) is 0 Å². The van der Waals surface area contributed by atoms with Crippen LogP contribution >= 0.6 is 11.8 Å². The van der Waals surface area contributed by atoms with Crippen LogP contribution in [-0.2, 0) is 13.0 Å². The third kappa shape index (κ3) is 4.33. The number of thioether (sulfide) groups is 1. The molecule has 0 aliphatic heterocycles. The highest BCUT2D eigenvalue weighted by Crippen LogP contribution is 2.20. The molecule has 1 unspecified atom stereocenters. The molecule has 1 atom stereocenters. The number of nitrogens with one attached hydrogen (secondary N) is 1. The summed E-state index contributed by atoms with van der Waals surface area (Å²) in [4.78, 5) is 0.912. The molecule has 0 saturated heterocycles. The summed E-state index contributed by atoms with van der Waals surface area (Å²) in [6, 6.07) is 6.72. The van der Waals surface area contributed by atoms with Crippen LogP contribution in [0.3, 0.4) is 0 Å². The van der Waals surface area contributed by atoms with Crippen LogP contribution in [-0.4, -0.2) is 21.6 Å². The van der Waals surface area contributed by atoms with Crippen molar-refractivity contribution in [3.8, 4) is 0 Å². The van der Waals surface area contributed by atoms with E-state index in [0.717, 1.165) is 29.2 Å². The van der Waals surface area contributed by atoms with Crippen LogP contribution in [0, 0.1) is 5.82 Å². The maximum atomic E-state index is 13.1. The maximum absolute atomic E-state index is 13.1. The quantitative estimate of drug-likeness (QED) is 0.467. The SMILES string of the molecule is CCn1cc(CC(CSc2cccc(F)c2)NN)cn1. The number of nitrogens with two attached hydrogens (primary N) is 1. The van der Waals surface area contributed by atoms with E-state index in [4.69, 9.17) is 5.84 Å². The van der Waals surface area contributed by atoms with E-state index in [1.54, 1.807) is 17.8 Å². The van der Waals surface area contributed by atoms with Gasteiger partial charge in [-0.05, 0) is 37.1 Å². The van der Waals surface area contributed by atoms with E-state index < -0.39 is 0 Å². The van der Waals surface area contributed by atoms with Gasteiger partial charge in [0.1, 0.15) is 5.82 Å². The Kier molecular flexibility index (Phi) is 5.58. The molecule has 0 radical (unpaired) electrons. The van der Waals surface area contributed by atoms with Crippen molar-refractivity contribution in [2.75, 3.05) is 5.75 Å². The van der Waals surface area contributed by atoms with Gasteiger partial charge in [0.25, 0.3) is 0 Å².